The van der Waals surface area contributed by atoms with E-state index in [4.69, 9.17) is 9.11 Å². The van der Waals surface area contributed by atoms with Gasteiger partial charge in [-0.25, -0.2) is 0 Å². The highest BCUT2D eigenvalue weighted by Crippen LogP contribution is 2.22. The molecule has 0 aliphatic rings. The molecule has 0 aromatic heterocycles. The standard InChI is InChI=1S/C4H11O9PS2/c5-14(12-1-3-15(6,7)8)13-2-4-16(9,10)11/h14H,1-4H2,(H,6,7,8)(H,9,10,11). The van der Waals surface area contributed by atoms with Crippen molar-refractivity contribution in [1.82, 2.24) is 0 Å². The summed E-state index contributed by atoms with van der Waals surface area (Å²) in [7, 11) is -11.4. The van der Waals surface area contributed by atoms with Crippen molar-refractivity contribution in [1.29, 1.82) is 0 Å². The van der Waals surface area contributed by atoms with Gasteiger partial charge < -0.3 is 9.05 Å². The van der Waals surface area contributed by atoms with Gasteiger partial charge in [-0.15, -0.1) is 0 Å². The lowest BCUT2D eigenvalue weighted by Gasteiger charge is -2.03. The average molecular weight is 298 g/mol. The molecule has 0 aromatic carbocycles. The van der Waals surface area contributed by atoms with E-state index < -0.39 is 53.2 Å². The minimum atomic E-state index is -4.20. The molecule has 0 bridgehead atoms. The topological polar surface area (TPSA) is 144 Å². The summed E-state index contributed by atoms with van der Waals surface area (Å²) in [5.74, 6) is -1.49. The van der Waals surface area contributed by atoms with Crippen molar-refractivity contribution >= 4 is 28.5 Å². The highest BCUT2D eigenvalue weighted by Gasteiger charge is 2.09. The predicted octanol–water partition coefficient (Wildman–Crippen LogP) is -0.815. The Morgan fingerprint density at radius 1 is 0.875 bits per heavy atom. The molecule has 12 heteroatoms. The maximum absolute atomic E-state index is 10.8. The third-order valence-corrected chi connectivity index (χ3v) is 3.37. The van der Waals surface area contributed by atoms with Gasteiger partial charge in [-0.1, -0.05) is 0 Å². The van der Waals surface area contributed by atoms with Crippen LogP contribution >= 0.6 is 8.25 Å². The molecular formula is C4H11O9PS2. The van der Waals surface area contributed by atoms with E-state index >= 15 is 0 Å². The molecule has 0 heterocycles. The minimum Gasteiger partial charge on any atom is -0.309 e. The van der Waals surface area contributed by atoms with E-state index in [1.54, 1.807) is 0 Å². The molecule has 0 spiro atoms. The van der Waals surface area contributed by atoms with Crippen LogP contribution in [0.5, 0.6) is 0 Å². The van der Waals surface area contributed by atoms with E-state index in [2.05, 4.69) is 9.05 Å². The van der Waals surface area contributed by atoms with Crippen molar-refractivity contribution in [2.24, 2.45) is 0 Å². The normalized spacial score (nSPS) is 13.2. The van der Waals surface area contributed by atoms with Crippen LogP contribution in [0.25, 0.3) is 0 Å². The van der Waals surface area contributed by atoms with Crippen LogP contribution in [0.3, 0.4) is 0 Å². The maximum Gasteiger partial charge on any atom is 0.319 e. The Kier molecular flexibility index (Phi) is 6.63. The second kappa shape index (κ2) is 6.64. The molecule has 0 fully saturated rings. The third kappa shape index (κ3) is 12.0. The largest absolute Gasteiger partial charge is 0.319 e. The molecule has 0 saturated heterocycles. The zero-order chi connectivity index (χ0) is 12.8. The van der Waals surface area contributed by atoms with Gasteiger partial charge in [0.1, 0.15) is 0 Å². The summed E-state index contributed by atoms with van der Waals surface area (Å²) in [4.78, 5) is 0. The molecule has 0 rings (SSSR count). The lowest BCUT2D eigenvalue weighted by Crippen LogP contribution is -2.10. The fourth-order valence-corrected chi connectivity index (χ4v) is 2.01. The van der Waals surface area contributed by atoms with Crippen molar-refractivity contribution in [3.05, 3.63) is 0 Å². The van der Waals surface area contributed by atoms with Crippen LogP contribution < -0.4 is 0 Å². The second-order valence-corrected chi connectivity index (χ2v) is 6.74. The summed E-state index contributed by atoms with van der Waals surface area (Å²) >= 11 is 0. The molecule has 0 amide bonds. The Bertz CT molecular complexity index is 382. The van der Waals surface area contributed by atoms with Crippen LogP contribution in [-0.2, 0) is 33.8 Å². The summed E-state index contributed by atoms with van der Waals surface area (Å²) in [6.07, 6.45) is 0. The molecular weight excluding hydrogens is 287 g/mol. The van der Waals surface area contributed by atoms with E-state index in [1.165, 1.54) is 0 Å². The molecule has 0 aliphatic carbocycles. The molecule has 0 radical (unpaired) electrons. The Balaban J connectivity index is 3.69. The van der Waals surface area contributed by atoms with Gasteiger partial charge in [0, 0.05) is 0 Å². The predicted molar refractivity (Wildman–Crippen MR) is 53.7 cm³/mol. The first kappa shape index (κ1) is 16.0. The van der Waals surface area contributed by atoms with E-state index in [-0.39, 0.29) is 0 Å². The second-order valence-electron chi connectivity index (χ2n) is 2.52. The van der Waals surface area contributed by atoms with Gasteiger partial charge in [0.2, 0.25) is 0 Å². The molecule has 2 N–H and O–H groups in total. The van der Waals surface area contributed by atoms with Crippen LogP contribution in [-0.4, -0.2) is 50.7 Å². The number of hydrogen-bond acceptors (Lipinski definition) is 7. The Labute approximate surface area is 93.2 Å². The van der Waals surface area contributed by atoms with Gasteiger partial charge in [-0.05, 0) is 0 Å². The summed E-state index contributed by atoms with van der Waals surface area (Å²) < 4.78 is 76.8. The highest BCUT2D eigenvalue weighted by atomic mass is 32.2. The van der Waals surface area contributed by atoms with Gasteiger partial charge in [-0.2, -0.15) is 16.8 Å². The lowest BCUT2D eigenvalue weighted by molar-refractivity contribution is 0.242. The molecule has 0 aromatic rings. The van der Waals surface area contributed by atoms with Gasteiger partial charge in [-0.3, -0.25) is 13.7 Å². The van der Waals surface area contributed by atoms with Gasteiger partial charge in [0.05, 0.1) is 24.7 Å². The SMILES string of the molecule is O=[PH](OCCS(=O)(=O)O)OCCS(=O)(=O)O. The smallest absolute Gasteiger partial charge is 0.309 e. The summed E-state index contributed by atoms with van der Waals surface area (Å²) in [6, 6.07) is 0. The lowest BCUT2D eigenvalue weighted by atomic mass is 10.9. The Morgan fingerprint density at radius 3 is 1.44 bits per heavy atom. The van der Waals surface area contributed by atoms with Crippen molar-refractivity contribution in [2.75, 3.05) is 24.7 Å². The van der Waals surface area contributed by atoms with E-state index in [9.17, 15) is 21.4 Å². The first-order chi connectivity index (χ1) is 7.10. The zero-order valence-corrected chi connectivity index (χ0v) is 10.5. The van der Waals surface area contributed by atoms with E-state index in [1.807, 2.05) is 0 Å². The van der Waals surface area contributed by atoms with Gasteiger partial charge >= 0.3 is 8.25 Å². The summed E-state index contributed by atoms with van der Waals surface area (Å²) in [5, 5.41) is 0. The fraction of sp³-hybridized carbons (Fsp3) is 1.00. The van der Waals surface area contributed by atoms with E-state index in [0.29, 0.717) is 0 Å². The summed E-state index contributed by atoms with van der Waals surface area (Å²) in [6.45, 7) is -1.08. The van der Waals surface area contributed by atoms with Crippen molar-refractivity contribution < 1.29 is 39.6 Å². The highest BCUT2D eigenvalue weighted by molar-refractivity contribution is 7.86. The zero-order valence-electron chi connectivity index (χ0n) is 7.90. The van der Waals surface area contributed by atoms with Gasteiger partial charge in [0.15, 0.2) is 0 Å². The molecule has 9 nitrogen and oxygen atoms in total. The average Bonchev–Trinajstić information content (AvgIpc) is 1.98. The molecule has 0 aliphatic heterocycles. The van der Waals surface area contributed by atoms with Crippen molar-refractivity contribution in [3.8, 4) is 0 Å². The first-order valence-corrected chi connectivity index (χ1v) is 8.24. The van der Waals surface area contributed by atoms with Crippen molar-refractivity contribution in [2.45, 2.75) is 0 Å². The van der Waals surface area contributed by atoms with E-state index in [0.717, 1.165) is 0 Å². The quantitative estimate of drug-likeness (QED) is 0.433. The third-order valence-electron chi connectivity index (χ3n) is 1.12. The van der Waals surface area contributed by atoms with Crippen LogP contribution in [0.15, 0.2) is 0 Å². The molecule has 0 unspecified atom stereocenters. The molecule has 0 atom stereocenters. The maximum atomic E-state index is 10.8. The van der Waals surface area contributed by atoms with Crippen LogP contribution in [0.4, 0.5) is 0 Å². The Morgan fingerprint density at radius 2 is 1.19 bits per heavy atom. The first-order valence-electron chi connectivity index (χ1n) is 3.80. The van der Waals surface area contributed by atoms with Crippen LogP contribution in [0.1, 0.15) is 0 Å². The molecule has 0 saturated carbocycles. The molecule has 16 heavy (non-hydrogen) atoms. The summed E-state index contributed by atoms with van der Waals surface area (Å²) in [5.41, 5.74) is 0. The Hall–Kier alpha value is -0.0300. The van der Waals surface area contributed by atoms with Gasteiger partial charge in [0.25, 0.3) is 20.2 Å². The number of hydrogen-bond donors (Lipinski definition) is 2. The fourth-order valence-electron chi connectivity index (χ4n) is 0.502. The van der Waals surface area contributed by atoms with Crippen molar-refractivity contribution in [3.63, 3.8) is 0 Å². The number of rotatable bonds is 8. The van der Waals surface area contributed by atoms with Crippen LogP contribution in [0.2, 0.25) is 0 Å². The van der Waals surface area contributed by atoms with Crippen LogP contribution in [0, 0.1) is 0 Å². The monoisotopic (exact) mass is 298 g/mol. The minimum absolute atomic E-state index is 0.539. The molecule has 98 valence electrons.